The number of carbonyl (C=O) groups excluding carboxylic acids is 4. The van der Waals surface area contributed by atoms with Crippen molar-refractivity contribution in [1.82, 2.24) is 10.3 Å². The molecule has 2 amide bonds. The van der Waals surface area contributed by atoms with Crippen molar-refractivity contribution in [3.63, 3.8) is 0 Å². The molecule has 0 radical (unpaired) electrons. The number of nitrogens with zero attached hydrogens (tertiary/aromatic N) is 1. The molecule has 4 N–H and O–H groups in total. The number of amides is 2. The SMILES string of the molecule is CC(C)(C)OC(=O)NCC(C(=O)Nc1ccc2cnccc2c1)c1ccc(COC(=O)CCC/C=C\CC2[C@@H](O)CC(=O)[C@@H]2/C=C/[C@@H](O)COc2cccc(C(F)(F)F)c2)cc1. The van der Waals surface area contributed by atoms with Gasteiger partial charge >= 0.3 is 18.2 Å². The zero-order valence-corrected chi connectivity index (χ0v) is 34.8. The Morgan fingerprint density at radius 1 is 0.984 bits per heavy atom. The predicted molar refractivity (Wildman–Crippen MR) is 226 cm³/mol. The number of benzene rings is 3. The fraction of sp³-hybridized carbons (Fsp3) is 0.383. The van der Waals surface area contributed by atoms with Gasteiger partial charge in [-0.15, -0.1) is 0 Å². The van der Waals surface area contributed by atoms with E-state index in [1.807, 2.05) is 30.4 Å². The first-order chi connectivity index (χ1) is 29.4. The van der Waals surface area contributed by atoms with E-state index < -0.39 is 59.4 Å². The Labute approximate surface area is 358 Å². The maximum Gasteiger partial charge on any atom is 0.416 e. The lowest BCUT2D eigenvalue weighted by molar-refractivity contribution is -0.145. The second-order valence-corrected chi connectivity index (χ2v) is 16.1. The predicted octanol–water partition coefficient (Wildman–Crippen LogP) is 8.22. The summed E-state index contributed by atoms with van der Waals surface area (Å²) >= 11 is 0. The first-order valence-corrected chi connectivity index (χ1v) is 20.3. The number of alkyl halides is 3. The molecule has 2 unspecified atom stereocenters. The van der Waals surface area contributed by atoms with E-state index >= 15 is 0 Å². The van der Waals surface area contributed by atoms with Crippen LogP contribution in [0.2, 0.25) is 0 Å². The Hall–Kier alpha value is -6.06. The van der Waals surface area contributed by atoms with Crippen LogP contribution in [0, 0.1) is 11.8 Å². The van der Waals surface area contributed by atoms with Crippen LogP contribution in [0.3, 0.4) is 0 Å². The first kappa shape index (κ1) is 47.0. The molecule has 0 bridgehead atoms. The third-order valence-corrected chi connectivity index (χ3v) is 10.0. The standard InChI is InChI=1S/C47H52F3N3O9/c1-46(2,3)62-45(59)52-27-40(44(58)53-35-18-17-33-26-51-22-21-32(33)23-35)31-15-13-30(14-16-31)28-61-43(57)12-7-5-4-6-11-38-39(42(56)25-41(38)55)20-19-36(54)29-60-37-10-8-9-34(24-37)47(48,49)50/h4,6,8-10,13-24,26,36,38-41,54-55H,5,7,11-12,25,27-29H2,1-3H3,(H,52,59)(H,53,58)/b6-4-,20-19+/t36-,38?,39-,40?,41+/m1/s1. The first-order valence-electron chi connectivity index (χ1n) is 20.3. The van der Waals surface area contributed by atoms with E-state index in [0.717, 1.165) is 22.9 Å². The molecule has 4 aromatic rings. The van der Waals surface area contributed by atoms with Gasteiger partial charge in [0.2, 0.25) is 5.91 Å². The quantitative estimate of drug-likeness (QED) is 0.0434. The van der Waals surface area contributed by atoms with Gasteiger partial charge in [-0.05, 0) is 92.9 Å². The number of ether oxygens (including phenoxy) is 3. The van der Waals surface area contributed by atoms with Gasteiger partial charge in [0.15, 0.2) is 0 Å². The molecular weight excluding hydrogens is 808 g/mol. The van der Waals surface area contributed by atoms with Crippen LogP contribution in [-0.4, -0.2) is 69.9 Å². The number of aliphatic hydroxyl groups is 2. The van der Waals surface area contributed by atoms with Crippen molar-refractivity contribution in [1.29, 1.82) is 0 Å². The summed E-state index contributed by atoms with van der Waals surface area (Å²) in [6.45, 7) is 4.89. The zero-order valence-electron chi connectivity index (χ0n) is 34.8. The number of carbonyl (C=O) groups is 4. The number of esters is 1. The van der Waals surface area contributed by atoms with Gasteiger partial charge in [0.25, 0.3) is 0 Å². The van der Waals surface area contributed by atoms with Crippen LogP contribution in [0.4, 0.5) is 23.7 Å². The highest BCUT2D eigenvalue weighted by molar-refractivity contribution is 5.98. The lowest BCUT2D eigenvalue weighted by Gasteiger charge is -2.22. The molecule has 3 aromatic carbocycles. The number of rotatable bonds is 18. The maximum atomic E-state index is 13.6. The average molecular weight is 860 g/mol. The number of pyridine rings is 1. The molecule has 0 spiro atoms. The van der Waals surface area contributed by atoms with Gasteiger partial charge in [-0.2, -0.15) is 13.2 Å². The van der Waals surface area contributed by atoms with Gasteiger partial charge in [-0.3, -0.25) is 19.4 Å². The number of allylic oxidation sites excluding steroid dienone is 3. The maximum absolute atomic E-state index is 13.6. The summed E-state index contributed by atoms with van der Waals surface area (Å²) in [6.07, 6.45) is 4.22. The molecule has 5 atom stereocenters. The minimum atomic E-state index is -4.53. The molecule has 1 fully saturated rings. The van der Waals surface area contributed by atoms with Crippen LogP contribution in [0.25, 0.3) is 10.8 Å². The number of Topliss-reactive ketones (excluding diaryl/α,β-unsaturated/α-hetero) is 1. The van der Waals surface area contributed by atoms with Crippen LogP contribution in [0.1, 0.15) is 75.5 Å². The number of hydrogen-bond donors (Lipinski definition) is 4. The van der Waals surface area contributed by atoms with E-state index in [-0.39, 0.29) is 50.0 Å². The molecular formula is C47H52F3N3O9. The number of anilines is 1. The zero-order chi connectivity index (χ0) is 44.9. The van der Waals surface area contributed by atoms with Crippen LogP contribution >= 0.6 is 0 Å². The molecule has 5 rings (SSSR count). The van der Waals surface area contributed by atoms with E-state index in [2.05, 4.69) is 15.6 Å². The van der Waals surface area contributed by atoms with E-state index in [4.69, 9.17) is 14.2 Å². The third kappa shape index (κ3) is 14.5. The number of aliphatic hydroxyl groups excluding tert-OH is 2. The van der Waals surface area contributed by atoms with Crippen molar-refractivity contribution in [3.8, 4) is 5.75 Å². The van der Waals surface area contributed by atoms with Crippen LogP contribution in [0.15, 0.2) is 109 Å². The number of aromatic nitrogens is 1. The van der Waals surface area contributed by atoms with E-state index in [9.17, 15) is 42.6 Å². The lowest BCUT2D eigenvalue weighted by atomic mass is 9.90. The lowest BCUT2D eigenvalue weighted by Crippen LogP contribution is -2.37. The van der Waals surface area contributed by atoms with Gasteiger partial charge in [0.1, 0.15) is 36.5 Å². The molecule has 1 aliphatic rings. The number of halogens is 3. The van der Waals surface area contributed by atoms with Gasteiger partial charge in [-0.1, -0.05) is 60.7 Å². The molecule has 330 valence electrons. The molecule has 15 heteroatoms. The highest BCUT2D eigenvalue weighted by atomic mass is 19.4. The average Bonchev–Trinajstić information content (AvgIpc) is 3.49. The molecule has 1 aliphatic carbocycles. The van der Waals surface area contributed by atoms with E-state index in [1.165, 1.54) is 24.3 Å². The Kier molecular flexibility index (Phi) is 16.4. The molecule has 1 aromatic heterocycles. The summed E-state index contributed by atoms with van der Waals surface area (Å²) in [5.41, 5.74) is 0.318. The van der Waals surface area contributed by atoms with Crippen molar-refractivity contribution < 1.29 is 56.8 Å². The summed E-state index contributed by atoms with van der Waals surface area (Å²) in [5, 5.41) is 28.3. The smallest absolute Gasteiger partial charge is 0.416 e. The number of ketones is 1. The fourth-order valence-electron chi connectivity index (χ4n) is 6.84. The third-order valence-electron chi connectivity index (χ3n) is 10.0. The Bertz CT molecular complexity index is 2220. The van der Waals surface area contributed by atoms with Crippen molar-refractivity contribution >= 4 is 40.2 Å². The Morgan fingerprint density at radius 3 is 2.50 bits per heavy atom. The van der Waals surface area contributed by atoms with Gasteiger partial charge in [-0.25, -0.2) is 4.79 Å². The van der Waals surface area contributed by atoms with Crippen molar-refractivity contribution in [3.05, 3.63) is 126 Å². The molecule has 62 heavy (non-hydrogen) atoms. The number of fused-ring (bicyclic) bond motifs is 1. The van der Waals surface area contributed by atoms with Gasteiger partial charge in [0.05, 0.1) is 17.6 Å². The summed E-state index contributed by atoms with van der Waals surface area (Å²) in [7, 11) is 0. The van der Waals surface area contributed by atoms with Crippen molar-refractivity contribution in [2.45, 2.75) is 89.4 Å². The summed E-state index contributed by atoms with van der Waals surface area (Å²) < 4.78 is 55.1. The van der Waals surface area contributed by atoms with Crippen LogP contribution in [0.5, 0.6) is 5.75 Å². The molecule has 0 aliphatic heterocycles. The van der Waals surface area contributed by atoms with Crippen molar-refractivity contribution in [2.75, 3.05) is 18.5 Å². The van der Waals surface area contributed by atoms with Crippen LogP contribution in [-0.2, 0) is 36.6 Å². The minimum Gasteiger partial charge on any atom is -0.491 e. The number of hydrogen-bond acceptors (Lipinski definition) is 10. The van der Waals surface area contributed by atoms with E-state index in [1.54, 1.807) is 63.5 Å². The highest BCUT2D eigenvalue weighted by Crippen LogP contribution is 2.34. The van der Waals surface area contributed by atoms with Gasteiger partial charge in [0, 0.05) is 54.7 Å². The summed E-state index contributed by atoms with van der Waals surface area (Å²) in [5.74, 6) is -2.85. The molecule has 0 saturated heterocycles. The second kappa shape index (κ2) is 21.6. The fourth-order valence-corrected chi connectivity index (χ4v) is 6.84. The topological polar surface area (TPSA) is 173 Å². The van der Waals surface area contributed by atoms with Crippen molar-refractivity contribution in [2.24, 2.45) is 11.8 Å². The molecule has 1 saturated carbocycles. The van der Waals surface area contributed by atoms with E-state index in [0.29, 0.717) is 36.1 Å². The monoisotopic (exact) mass is 859 g/mol. The normalized spacial score (nSPS) is 17.9. The Morgan fingerprint density at radius 2 is 1.76 bits per heavy atom. The Balaban J connectivity index is 1.06. The minimum absolute atomic E-state index is 0.0164. The second-order valence-electron chi connectivity index (χ2n) is 16.1. The summed E-state index contributed by atoms with van der Waals surface area (Å²) in [4.78, 5) is 55.4. The molecule has 1 heterocycles. The number of alkyl carbamates (subject to hydrolysis) is 1. The largest absolute Gasteiger partial charge is 0.491 e. The van der Waals surface area contributed by atoms with Crippen LogP contribution < -0.4 is 15.4 Å². The highest BCUT2D eigenvalue weighted by Gasteiger charge is 2.39. The number of nitrogens with one attached hydrogen (secondary N) is 2. The number of unbranched alkanes of at least 4 members (excludes halogenated alkanes) is 1. The summed E-state index contributed by atoms with van der Waals surface area (Å²) in [6, 6.07) is 18.6. The van der Waals surface area contributed by atoms with Gasteiger partial charge < -0.3 is 35.1 Å². The molecule has 12 nitrogen and oxygen atoms in total.